The number of amides is 1. The van der Waals surface area contributed by atoms with Crippen LogP contribution in [0.25, 0.3) is 0 Å². The smallest absolute Gasteiger partial charge is 0.211 e. The van der Waals surface area contributed by atoms with Crippen molar-refractivity contribution in [1.29, 1.82) is 0 Å². The maximum absolute atomic E-state index is 11.2. The third-order valence-corrected chi connectivity index (χ3v) is 7.01. The van der Waals surface area contributed by atoms with E-state index in [0.717, 1.165) is 18.4 Å². The van der Waals surface area contributed by atoms with Gasteiger partial charge in [0.15, 0.2) is 0 Å². The highest BCUT2D eigenvalue weighted by molar-refractivity contribution is 5.76. The van der Waals surface area contributed by atoms with Crippen LogP contribution in [0.15, 0.2) is 103 Å². The van der Waals surface area contributed by atoms with Crippen molar-refractivity contribution in [1.82, 2.24) is 5.32 Å². The molecule has 0 heterocycles. The molecule has 0 saturated heterocycles. The van der Waals surface area contributed by atoms with Gasteiger partial charge in [-0.2, -0.15) is 0 Å². The predicted molar refractivity (Wildman–Crippen MR) is 158 cm³/mol. The highest BCUT2D eigenvalue weighted by atomic mass is 16.5. The third kappa shape index (κ3) is 8.54. The molecule has 3 unspecified atom stereocenters. The van der Waals surface area contributed by atoms with Gasteiger partial charge in [-0.25, -0.2) is 0 Å². The second-order valence-electron chi connectivity index (χ2n) is 10.2. The van der Waals surface area contributed by atoms with E-state index >= 15 is 0 Å². The number of hydrogen-bond acceptors (Lipinski definition) is 4. The van der Waals surface area contributed by atoms with Crippen molar-refractivity contribution in [3.05, 3.63) is 131 Å². The van der Waals surface area contributed by atoms with Gasteiger partial charge in [-0.3, -0.25) is 4.79 Å². The molecule has 5 heteroatoms. The Labute approximate surface area is 231 Å². The fourth-order valence-electron chi connectivity index (χ4n) is 4.81. The molecule has 0 aliphatic rings. The Hall–Kier alpha value is -3.93. The maximum Gasteiger partial charge on any atom is 0.211 e. The van der Waals surface area contributed by atoms with Crippen LogP contribution < -0.4 is 15.4 Å². The van der Waals surface area contributed by atoms with Crippen LogP contribution in [0, 0.1) is 6.92 Å². The van der Waals surface area contributed by atoms with Gasteiger partial charge in [0.2, 0.25) is 6.41 Å². The van der Waals surface area contributed by atoms with Crippen LogP contribution in [0.4, 0.5) is 5.69 Å². The molecule has 202 valence electrons. The number of ether oxygens (including phenoxy) is 1. The van der Waals surface area contributed by atoms with Crippen molar-refractivity contribution in [2.24, 2.45) is 0 Å². The maximum atomic E-state index is 11.2. The van der Waals surface area contributed by atoms with Crippen molar-refractivity contribution >= 4 is 12.1 Å². The van der Waals surface area contributed by atoms with E-state index in [1.54, 1.807) is 12.1 Å². The van der Waals surface area contributed by atoms with E-state index in [1.807, 2.05) is 42.5 Å². The van der Waals surface area contributed by atoms with Crippen molar-refractivity contribution in [3.63, 3.8) is 0 Å². The molecule has 1 amide bonds. The monoisotopic (exact) mass is 522 g/mol. The molecule has 0 bridgehead atoms. The van der Waals surface area contributed by atoms with Crippen LogP contribution in [0.5, 0.6) is 5.75 Å². The van der Waals surface area contributed by atoms with Crippen molar-refractivity contribution in [2.75, 3.05) is 11.9 Å². The molecule has 0 fully saturated rings. The molecule has 5 nitrogen and oxygen atoms in total. The van der Waals surface area contributed by atoms with Crippen LogP contribution in [-0.2, 0) is 17.8 Å². The van der Waals surface area contributed by atoms with Gasteiger partial charge in [0.05, 0.1) is 11.8 Å². The molecule has 0 aliphatic carbocycles. The minimum Gasteiger partial charge on any atom is -0.487 e. The van der Waals surface area contributed by atoms with Gasteiger partial charge in [0.25, 0.3) is 0 Å². The van der Waals surface area contributed by atoms with E-state index in [-0.39, 0.29) is 6.04 Å². The summed E-state index contributed by atoms with van der Waals surface area (Å²) in [5.74, 6) is 0.919. The summed E-state index contributed by atoms with van der Waals surface area (Å²) in [5.41, 5.74) is 6.19. The lowest BCUT2D eigenvalue weighted by molar-refractivity contribution is -0.105. The van der Waals surface area contributed by atoms with Crippen LogP contribution >= 0.6 is 0 Å². The van der Waals surface area contributed by atoms with E-state index < -0.39 is 6.10 Å². The lowest BCUT2D eigenvalue weighted by atomic mass is 9.86. The molecular formula is C34H38N2O3. The van der Waals surface area contributed by atoms with Gasteiger partial charge in [0.1, 0.15) is 12.4 Å². The standard InChI is InChI=1S/C34H38N2O3/c1-25-13-15-29(16-14-25)31(20-27-9-5-3-6-10-27)19-26(2)35-22-33(38)30-17-18-34(32(21-30)36-24-37)39-23-28-11-7-4-8-12-28/h3-18,21,24,26,31,33,35,38H,19-20,22-23H2,1-2H3,(H,36,37). The zero-order valence-corrected chi connectivity index (χ0v) is 22.7. The van der Waals surface area contributed by atoms with Crippen molar-refractivity contribution in [2.45, 2.75) is 51.4 Å². The second-order valence-corrected chi connectivity index (χ2v) is 10.2. The Morgan fingerprint density at radius 3 is 2.15 bits per heavy atom. The van der Waals surface area contributed by atoms with Crippen LogP contribution in [0.2, 0.25) is 0 Å². The average Bonchev–Trinajstić information content (AvgIpc) is 2.96. The predicted octanol–water partition coefficient (Wildman–Crippen LogP) is 6.57. The summed E-state index contributed by atoms with van der Waals surface area (Å²) < 4.78 is 5.93. The number of nitrogens with one attached hydrogen (secondary N) is 2. The van der Waals surface area contributed by atoms with Crippen LogP contribution in [0.3, 0.4) is 0 Å². The lowest BCUT2D eigenvalue weighted by Gasteiger charge is -2.24. The van der Waals surface area contributed by atoms with Crippen molar-refractivity contribution in [3.8, 4) is 5.75 Å². The molecular weight excluding hydrogens is 484 g/mol. The first-order valence-corrected chi connectivity index (χ1v) is 13.5. The first kappa shape index (κ1) is 28.1. The minimum absolute atomic E-state index is 0.190. The van der Waals surface area contributed by atoms with Gasteiger partial charge < -0.3 is 20.5 Å². The number of aryl methyl sites for hydroxylation is 1. The number of anilines is 1. The quantitative estimate of drug-likeness (QED) is 0.164. The number of rotatable bonds is 14. The number of carbonyl (C=O) groups is 1. The van der Waals surface area contributed by atoms with Gasteiger partial charge in [-0.1, -0.05) is 96.6 Å². The Bertz CT molecular complexity index is 1290. The van der Waals surface area contributed by atoms with E-state index in [2.05, 4.69) is 73.0 Å². The molecule has 4 rings (SSSR count). The van der Waals surface area contributed by atoms with Gasteiger partial charge in [0, 0.05) is 12.6 Å². The fraction of sp³-hybridized carbons (Fsp3) is 0.265. The molecule has 4 aromatic carbocycles. The first-order valence-electron chi connectivity index (χ1n) is 13.5. The Kier molecular flexibility index (Phi) is 10.3. The lowest BCUT2D eigenvalue weighted by Crippen LogP contribution is -2.32. The van der Waals surface area contributed by atoms with Crippen molar-refractivity contribution < 1.29 is 14.6 Å². The van der Waals surface area contributed by atoms with E-state index in [9.17, 15) is 9.90 Å². The van der Waals surface area contributed by atoms with Gasteiger partial charge in [-0.15, -0.1) is 0 Å². The molecule has 0 aromatic heterocycles. The SMILES string of the molecule is Cc1ccc(C(Cc2ccccc2)CC(C)NCC(O)c2ccc(OCc3ccccc3)c(NC=O)c2)cc1. The summed E-state index contributed by atoms with van der Waals surface area (Å²) in [6, 6.07) is 34.9. The molecule has 0 radical (unpaired) electrons. The molecule has 0 saturated carbocycles. The van der Waals surface area contributed by atoms with E-state index in [1.165, 1.54) is 16.7 Å². The van der Waals surface area contributed by atoms with Gasteiger partial charge >= 0.3 is 0 Å². The summed E-state index contributed by atoms with van der Waals surface area (Å²) in [5, 5.41) is 17.2. The summed E-state index contributed by atoms with van der Waals surface area (Å²) in [6.45, 7) is 5.07. The normalized spacial score (nSPS) is 13.3. The summed E-state index contributed by atoms with van der Waals surface area (Å²) in [7, 11) is 0. The number of carbonyl (C=O) groups excluding carboxylic acids is 1. The van der Waals surface area contributed by atoms with E-state index in [0.29, 0.717) is 42.5 Å². The Morgan fingerprint density at radius 2 is 1.49 bits per heavy atom. The first-order chi connectivity index (χ1) is 19.0. The highest BCUT2D eigenvalue weighted by Gasteiger charge is 2.18. The number of benzene rings is 4. The fourth-order valence-corrected chi connectivity index (χ4v) is 4.81. The summed E-state index contributed by atoms with van der Waals surface area (Å²) in [4.78, 5) is 11.2. The van der Waals surface area contributed by atoms with E-state index in [4.69, 9.17) is 4.74 Å². The Morgan fingerprint density at radius 1 is 0.846 bits per heavy atom. The van der Waals surface area contributed by atoms with Crippen LogP contribution in [0.1, 0.15) is 53.2 Å². The molecule has 39 heavy (non-hydrogen) atoms. The summed E-state index contributed by atoms with van der Waals surface area (Å²) in [6.07, 6.45) is 1.80. The molecule has 3 atom stereocenters. The van der Waals surface area contributed by atoms with Crippen LogP contribution in [-0.4, -0.2) is 24.1 Å². The van der Waals surface area contributed by atoms with Gasteiger partial charge in [-0.05, 0) is 67.0 Å². The molecule has 4 aromatic rings. The average molecular weight is 523 g/mol. The minimum atomic E-state index is -0.727. The second kappa shape index (κ2) is 14.3. The topological polar surface area (TPSA) is 70.6 Å². The number of aliphatic hydroxyl groups excluding tert-OH is 1. The molecule has 0 spiro atoms. The molecule has 3 N–H and O–H groups in total. The third-order valence-electron chi connectivity index (χ3n) is 7.01. The zero-order chi connectivity index (χ0) is 27.5. The number of hydrogen-bond donors (Lipinski definition) is 3. The summed E-state index contributed by atoms with van der Waals surface area (Å²) >= 11 is 0. The Balaban J connectivity index is 1.37. The zero-order valence-electron chi connectivity index (χ0n) is 22.7. The molecule has 0 aliphatic heterocycles. The largest absolute Gasteiger partial charge is 0.487 e. The number of aliphatic hydroxyl groups is 1. The highest BCUT2D eigenvalue weighted by Crippen LogP contribution is 2.30.